The molecule has 0 unspecified atom stereocenters. The summed E-state index contributed by atoms with van der Waals surface area (Å²) in [6.45, 7) is 0.480. The van der Waals surface area contributed by atoms with E-state index in [4.69, 9.17) is 11.6 Å². The first kappa shape index (κ1) is 15.3. The molecule has 1 amide bonds. The quantitative estimate of drug-likeness (QED) is 0.932. The van der Waals surface area contributed by atoms with Gasteiger partial charge in [-0.1, -0.05) is 23.7 Å². The van der Waals surface area contributed by atoms with Gasteiger partial charge in [-0.15, -0.1) is 0 Å². The molecule has 0 aliphatic rings. The highest BCUT2D eigenvalue weighted by Gasteiger charge is 2.13. The van der Waals surface area contributed by atoms with E-state index in [1.807, 2.05) is 0 Å². The summed E-state index contributed by atoms with van der Waals surface area (Å²) in [7, 11) is 3.39. The van der Waals surface area contributed by atoms with Crippen LogP contribution in [0, 0.1) is 5.82 Å². The van der Waals surface area contributed by atoms with Crippen LogP contribution >= 0.6 is 11.6 Å². The Morgan fingerprint density at radius 2 is 1.86 bits per heavy atom. The van der Waals surface area contributed by atoms with Crippen molar-refractivity contribution in [3.63, 3.8) is 0 Å². The van der Waals surface area contributed by atoms with Crippen LogP contribution in [0.3, 0.4) is 0 Å². The fourth-order valence-corrected chi connectivity index (χ4v) is 2.06. The minimum absolute atomic E-state index is 0.103. The second-order valence-corrected chi connectivity index (χ2v) is 5.31. The number of rotatable bonds is 4. The van der Waals surface area contributed by atoms with Crippen LogP contribution in [-0.2, 0) is 6.54 Å². The van der Waals surface area contributed by atoms with E-state index in [0.717, 1.165) is 5.56 Å². The maximum atomic E-state index is 12.9. The molecule has 0 saturated carbocycles. The van der Waals surface area contributed by atoms with Crippen molar-refractivity contribution in [1.29, 1.82) is 0 Å². The molecule has 2 rings (SSSR count). The van der Waals surface area contributed by atoms with E-state index in [9.17, 15) is 9.18 Å². The summed E-state index contributed by atoms with van der Waals surface area (Å²) in [5.74, 6) is -0.377. The minimum atomic E-state index is -0.273. The van der Waals surface area contributed by atoms with Crippen LogP contribution < -0.4 is 5.32 Å². The summed E-state index contributed by atoms with van der Waals surface area (Å²) in [5.41, 5.74) is 2.12. The first-order valence-corrected chi connectivity index (χ1v) is 6.84. The van der Waals surface area contributed by atoms with Gasteiger partial charge in [-0.05, 0) is 35.9 Å². The van der Waals surface area contributed by atoms with Gasteiger partial charge < -0.3 is 10.2 Å². The Morgan fingerprint density at radius 3 is 2.48 bits per heavy atom. The number of nitrogens with one attached hydrogen (secondary N) is 1. The molecular formula is C16H16ClFN2O. The zero-order valence-electron chi connectivity index (χ0n) is 11.9. The van der Waals surface area contributed by atoms with E-state index in [2.05, 4.69) is 5.32 Å². The molecule has 2 aromatic carbocycles. The summed E-state index contributed by atoms with van der Waals surface area (Å²) in [6, 6.07) is 11.3. The number of hydrogen-bond acceptors (Lipinski definition) is 2. The number of nitrogens with zero attached hydrogens (tertiary/aromatic N) is 1. The molecule has 5 heteroatoms. The van der Waals surface area contributed by atoms with Crippen LogP contribution in [0.5, 0.6) is 0 Å². The van der Waals surface area contributed by atoms with Crippen molar-refractivity contribution in [2.45, 2.75) is 6.54 Å². The van der Waals surface area contributed by atoms with Crippen LogP contribution in [0.2, 0.25) is 5.02 Å². The Balaban J connectivity index is 2.20. The Kier molecular flexibility index (Phi) is 4.81. The lowest BCUT2D eigenvalue weighted by Crippen LogP contribution is -2.23. The molecule has 0 atom stereocenters. The second kappa shape index (κ2) is 6.59. The third kappa shape index (κ3) is 3.95. The molecule has 21 heavy (non-hydrogen) atoms. The average Bonchev–Trinajstić information content (AvgIpc) is 2.46. The van der Waals surface area contributed by atoms with Crippen LogP contribution in [-0.4, -0.2) is 24.9 Å². The van der Waals surface area contributed by atoms with E-state index in [0.29, 0.717) is 22.8 Å². The summed E-state index contributed by atoms with van der Waals surface area (Å²) in [4.78, 5) is 13.6. The van der Waals surface area contributed by atoms with Crippen LogP contribution in [0.15, 0.2) is 42.5 Å². The normalized spacial score (nSPS) is 10.3. The zero-order valence-corrected chi connectivity index (χ0v) is 12.6. The highest BCUT2D eigenvalue weighted by Crippen LogP contribution is 2.23. The summed E-state index contributed by atoms with van der Waals surface area (Å²) < 4.78 is 12.9. The summed E-state index contributed by atoms with van der Waals surface area (Å²) in [5, 5.41) is 3.72. The van der Waals surface area contributed by atoms with Crippen molar-refractivity contribution in [3.05, 3.63) is 64.4 Å². The van der Waals surface area contributed by atoms with E-state index >= 15 is 0 Å². The first-order chi connectivity index (χ1) is 9.97. The van der Waals surface area contributed by atoms with Gasteiger partial charge in [0, 0.05) is 31.4 Å². The highest BCUT2D eigenvalue weighted by molar-refractivity contribution is 6.31. The van der Waals surface area contributed by atoms with E-state index in [1.54, 1.807) is 44.4 Å². The molecule has 0 aromatic heterocycles. The summed E-state index contributed by atoms with van der Waals surface area (Å²) >= 11 is 5.99. The van der Waals surface area contributed by atoms with E-state index in [1.165, 1.54) is 17.0 Å². The molecule has 3 nitrogen and oxygen atoms in total. The minimum Gasteiger partial charge on any atom is -0.380 e. The number of halogens is 2. The van der Waals surface area contributed by atoms with Gasteiger partial charge in [0.2, 0.25) is 0 Å². The van der Waals surface area contributed by atoms with Crippen molar-refractivity contribution in [1.82, 2.24) is 4.90 Å². The lowest BCUT2D eigenvalue weighted by molar-refractivity contribution is 0.0828. The number of amides is 1. The van der Waals surface area contributed by atoms with Gasteiger partial charge in [0.15, 0.2) is 0 Å². The van der Waals surface area contributed by atoms with Crippen molar-refractivity contribution < 1.29 is 9.18 Å². The Morgan fingerprint density at radius 1 is 1.19 bits per heavy atom. The van der Waals surface area contributed by atoms with Crippen molar-refractivity contribution >= 4 is 23.2 Å². The number of benzene rings is 2. The summed E-state index contributed by atoms with van der Waals surface area (Å²) in [6.07, 6.45) is 0. The van der Waals surface area contributed by atoms with Crippen molar-refractivity contribution in [2.24, 2.45) is 0 Å². The third-order valence-electron chi connectivity index (χ3n) is 3.01. The van der Waals surface area contributed by atoms with Gasteiger partial charge in [-0.25, -0.2) is 4.39 Å². The smallest absolute Gasteiger partial charge is 0.255 e. The molecular weight excluding hydrogens is 291 g/mol. The third-order valence-corrected chi connectivity index (χ3v) is 3.25. The molecule has 0 aliphatic heterocycles. The van der Waals surface area contributed by atoms with Crippen molar-refractivity contribution in [2.75, 3.05) is 19.4 Å². The molecule has 0 spiro atoms. The van der Waals surface area contributed by atoms with Crippen LogP contribution in [0.4, 0.5) is 10.1 Å². The van der Waals surface area contributed by atoms with E-state index < -0.39 is 0 Å². The topological polar surface area (TPSA) is 32.3 Å². The highest BCUT2D eigenvalue weighted by atomic mass is 35.5. The average molecular weight is 307 g/mol. The van der Waals surface area contributed by atoms with Gasteiger partial charge in [0.05, 0.1) is 5.56 Å². The fraction of sp³-hybridized carbons (Fsp3) is 0.188. The largest absolute Gasteiger partial charge is 0.380 e. The first-order valence-electron chi connectivity index (χ1n) is 6.47. The van der Waals surface area contributed by atoms with Crippen molar-refractivity contribution in [3.8, 4) is 0 Å². The molecule has 0 aliphatic carbocycles. The zero-order chi connectivity index (χ0) is 15.4. The van der Waals surface area contributed by atoms with Gasteiger partial charge in [0.25, 0.3) is 5.91 Å². The monoisotopic (exact) mass is 306 g/mol. The van der Waals surface area contributed by atoms with Gasteiger partial charge >= 0.3 is 0 Å². The number of carbonyl (C=O) groups excluding carboxylic acids is 1. The SMILES string of the molecule is CN(C)C(=O)c1ccc(Cl)cc1NCc1ccc(F)cc1. The molecule has 2 aromatic rings. The molecule has 0 saturated heterocycles. The Bertz CT molecular complexity index is 641. The van der Waals surface area contributed by atoms with Gasteiger partial charge in [-0.2, -0.15) is 0 Å². The maximum absolute atomic E-state index is 12.9. The van der Waals surface area contributed by atoms with Gasteiger partial charge in [-0.3, -0.25) is 4.79 Å². The molecule has 0 heterocycles. The molecule has 1 N–H and O–H groups in total. The standard InChI is InChI=1S/C16H16ClFN2O/c1-20(2)16(21)14-8-5-12(17)9-15(14)19-10-11-3-6-13(18)7-4-11/h3-9,19H,10H2,1-2H3. The number of hydrogen-bond donors (Lipinski definition) is 1. The fourth-order valence-electron chi connectivity index (χ4n) is 1.89. The molecule has 0 radical (unpaired) electrons. The lowest BCUT2D eigenvalue weighted by Gasteiger charge is -2.16. The number of carbonyl (C=O) groups is 1. The van der Waals surface area contributed by atoms with Crippen LogP contribution in [0.1, 0.15) is 15.9 Å². The van der Waals surface area contributed by atoms with Crippen LogP contribution in [0.25, 0.3) is 0 Å². The molecule has 110 valence electrons. The number of anilines is 1. The maximum Gasteiger partial charge on any atom is 0.255 e. The predicted molar refractivity (Wildman–Crippen MR) is 83.2 cm³/mol. The van der Waals surface area contributed by atoms with E-state index in [-0.39, 0.29) is 11.7 Å². The van der Waals surface area contributed by atoms with Gasteiger partial charge in [0.1, 0.15) is 5.82 Å². The Hall–Kier alpha value is -2.07. The second-order valence-electron chi connectivity index (χ2n) is 4.87. The predicted octanol–water partition coefficient (Wildman–Crippen LogP) is 3.79. The Labute approximate surface area is 128 Å². The molecule has 0 fully saturated rings. The lowest BCUT2D eigenvalue weighted by atomic mass is 10.1. The molecule has 0 bridgehead atoms.